The van der Waals surface area contributed by atoms with Gasteiger partial charge in [0.25, 0.3) is 0 Å². The molecule has 0 heterocycles. The SMILES string of the molecule is COc1ccc(CCC(=O)c2ccc(OCC(=O)O)cc2)cc1O. The zero-order chi connectivity index (χ0) is 17.5. The van der Waals surface area contributed by atoms with Crippen molar-refractivity contribution in [1.29, 1.82) is 0 Å². The van der Waals surface area contributed by atoms with Crippen LogP contribution in [0.15, 0.2) is 42.5 Å². The quantitative estimate of drug-likeness (QED) is 0.723. The Labute approximate surface area is 139 Å². The van der Waals surface area contributed by atoms with Gasteiger partial charge in [0.05, 0.1) is 7.11 Å². The average Bonchev–Trinajstić information content (AvgIpc) is 2.58. The van der Waals surface area contributed by atoms with Gasteiger partial charge in [0.2, 0.25) is 0 Å². The molecule has 0 aliphatic carbocycles. The van der Waals surface area contributed by atoms with Crippen molar-refractivity contribution < 1.29 is 29.3 Å². The second-order valence-electron chi connectivity index (χ2n) is 5.14. The molecule has 0 radical (unpaired) electrons. The van der Waals surface area contributed by atoms with Gasteiger partial charge in [-0.1, -0.05) is 6.07 Å². The molecule has 2 aromatic carbocycles. The maximum Gasteiger partial charge on any atom is 0.341 e. The van der Waals surface area contributed by atoms with Crippen molar-refractivity contribution in [1.82, 2.24) is 0 Å². The van der Waals surface area contributed by atoms with Crippen LogP contribution in [-0.4, -0.2) is 35.7 Å². The predicted octanol–water partition coefficient (Wildman–Crippen LogP) is 2.68. The molecule has 0 saturated carbocycles. The monoisotopic (exact) mass is 330 g/mol. The van der Waals surface area contributed by atoms with Gasteiger partial charge in [-0.15, -0.1) is 0 Å². The van der Waals surface area contributed by atoms with Gasteiger partial charge in [-0.3, -0.25) is 4.79 Å². The second kappa shape index (κ2) is 8.01. The average molecular weight is 330 g/mol. The van der Waals surface area contributed by atoms with Crippen LogP contribution < -0.4 is 9.47 Å². The van der Waals surface area contributed by atoms with E-state index in [9.17, 15) is 14.7 Å². The van der Waals surface area contributed by atoms with Gasteiger partial charge in [-0.05, 0) is 48.4 Å². The van der Waals surface area contributed by atoms with E-state index in [2.05, 4.69) is 0 Å². The van der Waals surface area contributed by atoms with Crippen LogP contribution in [-0.2, 0) is 11.2 Å². The Balaban J connectivity index is 1.92. The third-order valence-corrected chi connectivity index (χ3v) is 3.42. The Morgan fingerprint density at radius 2 is 1.79 bits per heavy atom. The lowest BCUT2D eigenvalue weighted by molar-refractivity contribution is -0.139. The minimum absolute atomic E-state index is 0.0439. The molecule has 126 valence electrons. The molecule has 0 spiro atoms. The smallest absolute Gasteiger partial charge is 0.341 e. The summed E-state index contributed by atoms with van der Waals surface area (Å²) >= 11 is 0. The molecule has 2 N–H and O–H groups in total. The van der Waals surface area contributed by atoms with Crippen molar-refractivity contribution in [2.45, 2.75) is 12.8 Å². The van der Waals surface area contributed by atoms with Crippen LogP contribution in [0.1, 0.15) is 22.3 Å². The number of carboxylic acids is 1. The van der Waals surface area contributed by atoms with Crippen LogP contribution in [0.25, 0.3) is 0 Å². The molecule has 6 nitrogen and oxygen atoms in total. The van der Waals surface area contributed by atoms with Crippen molar-refractivity contribution in [3.63, 3.8) is 0 Å². The molecule has 6 heteroatoms. The number of hydrogen-bond acceptors (Lipinski definition) is 5. The number of ketones is 1. The molecular weight excluding hydrogens is 312 g/mol. The summed E-state index contributed by atoms with van der Waals surface area (Å²) in [6.45, 7) is -0.422. The molecule has 0 amide bonds. The number of Topliss-reactive ketones (excluding diaryl/α,β-unsaturated/α-hetero) is 1. The first-order chi connectivity index (χ1) is 11.5. The van der Waals surface area contributed by atoms with Gasteiger partial charge in [0.15, 0.2) is 23.9 Å². The van der Waals surface area contributed by atoms with Gasteiger partial charge < -0.3 is 19.7 Å². The highest BCUT2D eigenvalue weighted by Crippen LogP contribution is 2.26. The minimum atomic E-state index is -1.06. The summed E-state index contributed by atoms with van der Waals surface area (Å²) in [5, 5.41) is 18.3. The summed E-state index contributed by atoms with van der Waals surface area (Å²) in [7, 11) is 1.47. The molecule has 0 saturated heterocycles. The lowest BCUT2D eigenvalue weighted by atomic mass is 10.0. The van der Waals surface area contributed by atoms with Gasteiger partial charge in [0.1, 0.15) is 5.75 Å². The predicted molar refractivity (Wildman–Crippen MR) is 86.9 cm³/mol. The second-order valence-corrected chi connectivity index (χ2v) is 5.14. The number of aryl methyl sites for hydroxylation is 1. The lowest BCUT2D eigenvalue weighted by Crippen LogP contribution is -2.09. The van der Waals surface area contributed by atoms with E-state index in [0.29, 0.717) is 29.9 Å². The number of carbonyl (C=O) groups excluding carboxylic acids is 1. The lowest BCUT2D eigenvalue weighted by Gasteiger charge is -2.07. The number of carbonyl (C=O) groups is 2. The van der Waals surface area contributed by atoms with Crippen molar-refractivity contribution in [2.75, 3.05) is 13.7 Å². The first kappa shape index (κ1) is 17.3. The fraction of sp³-hybridized carbons (Fsp3) is 0.222. The zero-order valence-corrected chi connectivity index (χ0v) is 13.2. The van der Waals surface area contributed by atoms with Crippen LogP contribution in [0.5, 0.6) is 17.2 Å². The van der Waals surface area contributed by atoms with E-state index in [1.54, 1.807) is 42.5 Å². The van der Waals surface area contributed by atoms with Crippen molar-refractivity contribution in [3.05, 3.63) is 53.6 Å². The topological polar surface area (TPSA) is 93.1 Å². The first-order valence-corrected chi connectivity index (χ1v) is 7.33. The molecule has 0 atom stereocenters. The normalized spacial score (nSPS) is 10.2. The fourth-order valence-electron chi connectivity index (χ4n) is 2.18. The first-order valence-electron chi connectivity index (χ1n) is 7.33. The number of methoxy groups -OCH3 is 1. The standard InChI is InChI=1S/C18H18O6/c1-23-17-9-3-12(10-16(17)20)2-8-15(19)13-4-6-14(7-5-13)24-11-18(21)22/h3-7,9-10,20H,2,8,11H2,1H3,(H,21,22). The minimum Gasteiger partial charge on any atom is -0.504 e. The molecule has 0 aromatic heterocycles. The molecule has 0 aliphatic rings. The van der Waals surface area contributed by atoms with E-state index in [1.807, 2.05) is 0 Å². The highest BCUT2D eigenvalue weighted by molar-refractivity contribution is 5.96. The fourth-order valence-corrected chi connectivity index (χ4v) is 2.18. The van der Waals surface area contributed by atoms with Gasteiger partial charge in [0, 0.05) is 12.0 Å². The van der Waals surface area contributed by atoms with Crippen molar-refractivity contribution in [2.24, 2.45) is 0 Å². The van der Waals surface area contributed by atoms with E-state index < -0.39 is 12.6 Å². The highest BCUT2D eigenvalue weighted by Gasteiger charge is 2.09. The molecule has 24 heavy (non-hydrogen) atoms. The number of phenols is 1. The molecule has 0 unspecified atom stereocenters. The number of ether oxygens (including phenoxy) is 2. The Hall–Kier alpha value is -3.02. The highest BCUT2D eigenvalue weighted by atomic mass is 16.5. The molecular formula is C18H18O6. The molecule has 0 aliphatic heterocycles. The van der Waals surface area contributed by atoms with Crippen LogP contribution in [0.3, 0.4) is 0 Å². The molecule has 0 bridgehead atoms. The van der Waals surface area contributed by atoms with E-state index in [-0.39, 0.29) is 11.5 Å². The summed E-state index contributed by atoms with van der Waals surface area (Å²) in [4.78, 5) is 22.6. The molecule has 0 fully saturated rings. The zero-order valence-electron chi connectivity index (χ0n) is 13.2. The summed E-state index contributed by atoms with van der Waals surface area (Å²) < 4.78 is 9.99. The van der Waals surface area contributed by atoms with Crippen molar-refractivity contribution in [3.8, 4) is 17.2 Å². The van der Waals surface area contributed by atoms with Crippen molar-refractivity contribution >= 4 is 11.8 Å². The third kappa shape index (κ3) is 4.74. The Morgan fingerprint density at radius 3 is 2.38 bits per heavy atom. The Morgan fingerprint density at radius 1 is 1.08 bits per heavy atom. The largest absolute Gasteiger partial charge is 0.504 e. The third-order valence-electron chi connectivity index (χ3n) is 3.42. The number of carboxylic acid groups (broad SMARTS) is 1. The van der Waals surface area contributed by atoms with Crippen LogP contribution in [0.2, 0.25) is 0 Å². The van der Waals surface area contributed by atoms with Gasteiger partial charge >= 0.3 is 5.97 Å². The summed E-state index contributed by atoms with van der Waals surface area (Å²) in [6, 6.07) is 11.4. The van der Waals surface area contributed by atoms with Gasteiger partial charge in [-0.2, -0.15) is 0 Å². The van der Waals surface area contributed by atoms with E-state index in [1.165, 1.54) is 7.11 Å². The maximum absolute atomic E-state index is 12.2. The van der Waals surface area contributed by atoms with Crippen LogP contribution >= 0.6 is 0 Å². The molecule has 2 rings (SSSR count). The number of aromatic hydroxyl groups is 1. The maximum atomic E-state index is 12.2. The number of benzene rings is 2. The Kier molecular flexibility index (Phi) is 5.78. The van der Waals surface area contributed by atoms with E-state index in [0.717, 1.165) is 5.56 Å². The number of rotatable bonds is 8. The van der Waals surface area contributed by atoms with Crippen LogP contribution in [0.4, 0.5) is 0 Å². The van der Waals surface area contributed by atoms with E-state index in [4.69, 9.17) is 14.6 Å². The Bertz CT molecular complexity index is 721. The number of aliphatic carboxylic acids is 1. The molecule has 2 aromatic rings. The number of hydrogen-bond donors (Lipinski definition) is 2. The van der Waals surface area contributed by atoms with Gasteiger partial charge in [-0.25, -0.2) is 4.79 Å². The van der Waals surface area contributed by atoms with E-state index >= 15 is 0 Å². The summed E-state index contributed by atoms with van der Waals surface area (Å²) in [5.74, 6) is -0.272. The summed E-state index contributed by atoms with van der Waals surface area (Å²) in [5.41, 5.74) is 1.36. The summed E-state index contributed by atoms with van der Waals surface area (Å²) in [6.07, 6.45) is 0.786. The van der Waals surface area contributed by atoms with Crippen LogP contribution in [0, 0.1) is 0 Å². The number of phenolic OH excluding ortho intramolecular Hbond substituents is 1.